The summed E-state index contributed by atoms with van der Waals surface area (Å²) in [6, 6.07) is 4.28. The number of nitrogens with one attached hydrogen (secondary N) is 1. The van der Waals surface area contributed by atoms with Crippen LogP contribution in [0.25, 0.3) is 0 Å². The van der Waals surface area contributed by atoms with Gasteiger partial charge in [0.1, 0.15) is 0 Å². The van der Waals surface area contributed by atoms with Gasteiger partial charge in [-0.05, 0) is 56.5 Å². The van der Waals surface area contributed by atoms with Crippen molar-refractivity contribution in [2.75, 3.05) is 6.61 Å². The van der Waals surface area contributed by atoms with E-state index in [0.29, 0.717) is 0 Å². The molecule has 0 bridgehead atoms. The Labute approximate surface area is 128 Å². The van der Waals surface area contributed by atoms with E-state index < -0.39 is 17.9 Å². The third kappa shape index (κ3) is 4.93. The van der Waals surface area contributed by atoms with Gasteiger partial charge in [-0.15, -0.1) is 0 Å². The fraction of sp³-hybridized carbons (Fsp3) is 0.333. The molecule has 1 aromatic carbocycles. The van der Waals surface area contributed by atoms with E-state index in [1.165, 1.54) is 0 Å². The monoisotopic (exact) mass is 392 g/mol. The molecule has 1 rings (SSSR count). The second-order valence-electron chi connectivity index (χ2n) is 3.70. The number of esters is 1. The van der Waals surface area contributed by atoms with E-state index in [4.69, 9.17) is 5.73 Å². The van der Waals surface area contributed by atoms with Gasteiger partial charge in [0.25, 0.3) is 0 Å². The van der Waals surface area contributed by atoms with E-state index in [1.807, 2.05) is 18.2 Å². The molecule has 7 heteroatoms. The van der Waals surface area contributed by atoms with Gasteiger partial charge in [-0.1, -0.05) is 6.07 Å². The molecule has 0 aromatic heterocycles. The second kappa shape index (κ2) is 7.62. The average Bonchev–Trinajstić information content (AvgIpc) is 2.39. The minimum Gasteiger partial charge on any atom is -0.464 e. The van der Waals surface area contributed by atoms with Crippen LogP contribution in [0.4, 0.5) is 0 Å². The van der Waals surface area contributed by atoms with Crippen molar-refractivity contribution >= 4 is 43.7 Å². The lowest BCUT2D eigenvalue weighted by Gasteiger charge is -2.11. The van der Waals surface area contributed by atoms with Crippen LogP contribution in [-0.4, -0.2) is 24.5 Å². The molecule has 1 aromatic rings. The zero-order chi connectivity index (χ0) is 14.4. The molecule has 104 valence electrons. The van der Waals surface area contributed by atoms with Crippen molar-refractivity contribution in [2.24, 2.45) is 5.73 Å². The summed E-state index contributed by atoms with van der Waals surface area (Å²) in [5.41, 5.74) is 6.35. The largest absolute Gasteiger partial charge is 0.464 e. The number of hydrogen-bond donors (Lipinski definition) is 2. The lowest BCUT2D eigenvalue weighted by molar-refractivity contribution is -0.148. The Morgan fingerprint density at radius 1 is 1.37 bits per heavy atom. The molecule has 0 radical (unpaired) electrons. The molecule has 0 heterocycles. The first-order valence-electron chi connectivity index (χ1n) is 5.59. The fourth-order valence-electron chi connectivity index (χ4n) is 1.29. The Morgan fingerprint density at radius 2 is 2.05 bits per heavy atom. The molecule has 0 aliphatic carbocycles. The fourth-order valence-corrected chi connectivity index (χ4v) is 1.96. The molecule has 3 N–H and O–H groups in total. The number of benzene rings is 1. The molecule has 19 heavy (non-hydrogen) atoms. The molecule has 0 aliphatic rings. The maximum atomic E-state index is 11.6. The molecule has 0 saturated heterocycles. The van der Waals surface area contributed by atoms with E-state index in [1.54, 1.807) is 6.92 Å². The molecule has 1 amide bonds. The van der Waals surface area contributed by atoms with Crippen LogP contribution >= 0.6 is 31.9 Å². The first-order chi connectivity index (χ1) is 8.95. The van der Waals surface area contributed by atoms with Gasteiger partial charge in [0.2, 0.25) is 5.91 Å². The highest BCUT2D eigenvalue weighted by molar-refractivity contribution is 9.13. The highest BCUT2D eigenvalue weighted by atomic mass is 79.9. The van der Waals surface area contributed by atoms with Crippen molar-refractivity contribution in [3.63, 3.8) is 0 Å². The van der Waals surface area contributed by atoms with E-state index in [9.17, 15) is 9.59 Å². The molecule has 1 atom stereocenters. The van der Waals surface area contributed by atoms with Crippen LogP contribution in [0.1, 0.15) is 12.5 Å². The molecule has 5 nitrogen and oxygen atoms in total. The Bertz CT molecular complexity index is 480. The number of hydrogen-bond acceptors (Lipinski definition) is 4. The topological polar surface area (TPSA) is 81.4 Å². The summed E-state index contributed by atoms with van der Waals surface area (Å²) >= 11 is 6.72. The molecule has 0 fully saturated rings. The highest BCUT2D eigenvalue weighted by Crippen LogP contribution is 2.23. The minimum atomic E-state index is -1.29. The van der Waals surface area contributed by atoms with Crippen LogP contribution < -0.4 is 11.1 Å². The maximum absolute atomic E-state index is 11.6. The first kappa shape index (κ1) is 16.1. The Kier molecular flexibility index (Phi) is 6.47. The van der Waals surface area contributed by atoms with Crippen molar-refractivity contribution in [1.29, 1.82) is 0 Å². The Hall–Kier alpha value is -0.920. The summed E-state index contributed by atoms with van der Waals surface area (Å²) in [5.74, 6) is -1.28. The summed E-state index contributed by atoms with van der Waals surface area (Å²) in [4.78, 5) is 22.9. The molecule has 1 unspecified atom stereocenters. The van der Waals surface area contributed by atoms with Gasteiger partial charge in [-0.25, -0.2) is 4.79 Å². The average molecular weight is 394 g/mol. The smallest absolute Gasteiger partial charge is 0.332 e. The molecule has 0 saturated carbocycles. The SMILES string of the molecule is CCOC(=O)C(N)C(=O)NCc1ccc(Br)c(Br)c1. The summed E-state index contributed by atoms with van der Waals surface area (Å²) in [6.45, 7) is 2.14. The normalized spacial score (nSPS) is 11.8. The predicted molar refractivity (Wildman–Crippen MR) is 78.3 cm³/mol. The maximum Gasteiger partial charge on any atom is 0.332 e. The van der Waals surface area contributed by atoms with Gasteiger partial charge in [0.15, 0.2) is 6.04 Å². The van der Waals surface area contributed by atoms with Crippen LogP contribution in [-0.2, 0) is 20.9 Å². The van der Waals surface area contributed by atoms with Crippen LogP contribution in [0, 0.1) is 0 Å². The van der Waals surface area contributed by atoms with Crippen molar-refractivity contribution in [1.82, 2.24) is 5.32 Å². The Balaban J connectivity index is 2.54. The zero-order valence-electron chi connectivity index (χ0n) is 10.3. The number of carbonyl (C=O) groups excluding carboxylic acids is 2. The van der Waals surface area contributed by atoms with E-state index in [-0.39, 0.29) is 13.2 Å². The summed E-state index contributed by atoms with van der Waals surface area (Å²) in [5, 5.41) is 2.58. The summed E-state index contributed by atoms with van der Waals surface area (Å²) in [7, 11) is 0. The number of amides is 1. The van der Waals surface area contributed by atoms with Gasteiger partial charge in [0, 0.05) is 15.5 Å². The van der Waals surface area contributed by atoms with Gasteiger partial charge >= 0.3 is 5.97 Å². The lowest BCUT2D eigenvalue weighted by Crippen LogP contribution is -2.46. The third-order valence-electron chi connectivity index (χ3n) is 2.27. The van der Waals surface area contributed by atoms with E-state index in [0.717, 1.165) is 14.5 Å². The number of rotatable bonds is 5. The van der Waals surface area contributed by atoms with Crippen LogP contribution in [0.2, 0.25) is 0 Å². The summed E-state index contributed by atoms with van der Waals surface area (Å²) < 4.78 is 6.48. The standard InChI is InChI=1S/C12H14Br2N2O3/c1-2-19-12(18)10(15)11(17)16-6-7-3-4-8(13)9(14)5-7/h3-5,10H,2,6,15H2,1H3,(H,16,17). The summed E-state index contributed by atoms with van der Waals surface area (Å²) in [6.07, 6.45) is 0. The second-order valence-corrected chi connectivity index (χ2v) is 5.40. The van der Waals surface area contributed by atoms with Crippen molar-refractivity contribution < 1.29 is 14.3 Å². The molecular weight excluding hydrogens is 380 g/mol. The number of carbonyl (C=O) groups is 2. The predicted octanol–water partition coefficient (Wildman–Crippen LogP) is 1.72. The first-order valence-corrected chi connectivity index (χ1v) is 7.18. The van der Waals surface area contributed by atoms with Crippen molar-refractivity contribution in [3.05, 3.63) is 32.7 Å². The number of halogens is 2. The van der Waals surface area contributed by atoms with Crippen molar-refractivity contribution in [3.8, 4) is 0 Å². The van der Waals surface area contributed by atoms with Crippen LogP contribution in [0.5, 0.6) is 0 Å². The van der Waals surface area contributed by atoms with Gasteiger partial charge in [-0.3, -0.25) is 4.79 Å². The third-order valence-corrected chi connectivity index (χ3v) is 4.15. The molecular formula is C12H14Br2N2O3. The Morgan fingerprint density at radius 3 is 2.63 bits per heavy atom. The zero-order valence-corrected chi connectivity index (χ0v) is 13.5. The van der Waals surface area contributed by atoms with Gasteiger partial charge in [-0.2, -0.15) is 0 Å². The molecule has 0 spiro atoms. The van der Waals surface area contributed by atoms with E-state index in [2.05, 4.69) is 41.9 Å². The number of nitrogens with two attached hydrogens (primary N) is 1. The van der Waals surface area contributed by atoms with Gasteiger partial charge < -0.3 is 15.8 Å². The van der Waals surface area contributed by atoms with Crippen molar-refractivity contribution in [2.45, 2.75) is 19.5 Å². The van der Waals surface area contributed by atoms with Crippen LogP contribution in [0.3, 0.4) is 0 Å². The molecule has 0 aliphatic heterocycles. The highest BCUT2D eigenvalue weighted by Gasteiger charge is 2.22. The lowest BCUT2D eigenvalue weighted by atomic mass is 10.2. The van der Waals surface area contributed by atoms with Gasteiger partial charge in [0.05, 0.1) is 6.61 Å². The van der Waals surface area contributed by atoms with Crippen LogP contribution in [0.15, 0.2) is 27.1 Å². The quantitative estimate of drug-likeness (QED) is 0.589. The minimum absolute atomic E-state index is 0.194. The number of ether oxygens (including phenoxy) is 1. The van der Waals surface area contributed by atoms with E-state index >= 15 is 0 Å².